The van der Waals surface area contributed by atoms with Gasteiger partial charge in [0.25, 0.3) is 11.9 Å². The van der Waals surface area contributed by atoms with Crippen molar-refractivity contribution in [3.8, 4) is 11.3 Å². The van der Waals surface area contributed by atoms with Gasteiger partial charge in [-0.05, 0) is 67.3 Å². The standard InChI is InChI=1S/C30H29N7O2/c1-17(16-38)11-20-7-5-9-22-24(20)15-37(29(22)39)25-10-6-8-21-23(14-33-28(21)25)27-18(2)13-34-30(36-27)35-26(31)12-19(3)32-4/h5-14,16,32-33H,15H2,1-4H3,(H2,31,34,35,36)/b17-11+,19-12-. The van der Waals surface area contributed by atoms with Gasteiger partial charge in [-0.15, -0.1) is 0 Å². The number of hydrogen-bond acceptors (Lipinski definition) is 6. The third-order valence-corrected chi connectivity index (χ3v) is 6.76. The second-order valence-corrected chi connectivity index (χ2v) is 9.49. The van der Waals surface area contributed by atoms with Gasteiger partial charge in [0.2, 0.25) is 0 Å². The highest BCUT2D eigenvalue weighted by Gasteiger charge is 2.31. The van der Waals surface area contributed by atoms with Crippen molar-refractivity contribution in [1.29, 1.82) is 0 Å². The van der Waals surface area contributed by atoms with Gasteiger partial charge >= 0.3 is 0 Å². The minimum absolute atomic E-state index is 0.0807. The lowest BCUT2D eigenvalue weighted by atomic mass is 10.0. The number of aromatic nitrogens is 3. The number of nitrogens with zero attached hydrogens (tertiary/aromatic N) is 4. The third kappa shape index (κ3) is 4.82. The number of H-pyrrole nitrogens is 1. The van der Waals surface area contributed by atoms with E-state index in [2.05, 4.69) is 20.3 Å². The van der Waals surface area contributed by atoms with Crippen LogP contribution in [0.2, 0.25) is 0 Å². The van der Waals surface area contributed by atoms with E-state index < -0.39 is 0 Å². The number of aliphatic imine (C=N–C) groups is 1. The summed E-state index contributed by atoms with van der Waals surface area (Å²) in [6.07, 6.45) is 7.96. The number of aryl methyl sites for hydroxylation is 1. The van der Waals surface area contributed by atoms with E-state index >= 15 is 0 Å². The number of rotatable bonds is 7. The van der Waals surface area contributed by atoms with Crippen LogP contribution in [0.3, 0.4) is 0 Å². The fourth-order valence-corrected chi connectivity index (χ4v) is 4.73. The number of benzene rings is 2. The summed E-state index contributed by atoms with van der Waals surface area (Å²) >= 11 is 0. The molecule has 9 nitrogen and oxygen atoms in total. The number of aromatic amines is 1. The number of nitrogens with one attached hydrogen (secondary N) is 2. The molecule has 0 unspecified atom stereocenters. The Morgan fingerprint density at radius 2 is 1.97 bits per heavy atom. The van der Waals surface area contributed by atoms with Crippen LogP contribution in [0.1, 0.15) is 40.9 Å². The van der Waals surface area contributed by atoms with Crippen LogP contribution in [0.25, 0.3) is 28.2 Å². The molecule has 2 aromatic carbocycles. The van der Waals surface area contributed by atoms with Gasteiger partial charge in [0.15, 0.2) is 0 Å². The molecule has 0 saturated heterocycles. The summed E-state index contributed by atoms with van der Waals surface area (Å²) in [5, 5.41) is 3.93. The lowest BCUT2D eigenvalue weighted by Gasteiger charge is -2.17. The summed E-state index contributed by atoms with van der Waals surface area (Å²) in [5.41, 5.74) is 14.0. The molecule has 39 heavy (non-hydrogen) atoms. The molecule has 1 amide bonds. The number of fused-ring (bicyclic) bond motifs is 2. The van der Waals surface area contributed by atoms with Gasteiger partial charge in [0, 0.05) is 41.7 Å². The molecule has 0 fully saturated rings. The zero-order chi connectivity index (χ0) is 27.7. The molecule has 1 aliphatic heterocycles. The molecule has 4 N–H and O–H groups in total. The number of amidine groups is 1. The maximum Gasteiger partial charge on any atom is 0.259 e. The van der Waals surface area contributed by atoms with Crippen LogP contribution in [-0.4, -0.2) is 40.0 Å². The Hall–Kier alpha value is -5.05. The van der Waals surface area contributed by atoms with Gasteiger partial charge in [-0.2, -0.15) is 4.99 Å². The highest BCUT2D eigenvalue weighted by atomic mass is 16.2. The van der Waals surface area contributed by atoms with Crippen LogP contribution in [0.5, 0.6) is 0 Å². The van der Waals surface area contributed by atoms with E-state index in [-0.39, 0.29) is 11.9 Å². The second kappa shape index (κ2) is 10.4. The van der Waals surface area contributed by atoms with E-state index in [9.17, 15) is 9.59 Å². The molecule has 0 spiro atoms. The molecule has 0 atom stereocenters. The largest absolute Gasteiger partial charge is 0.392 e. The molecule has 1 aliphatic rings. The highest BCUT2D eigenvalue weighted by Crippen LogP contribution is 2.38. The van der Waals surface area contributed by atoms with Gasteiger partial charge < -0.3 is 20.9 Å². The van der Waals surface area contributed by atoms with Crippen molar-refractivity contribution in [2.45, 2.75) is 27.3 Å². The summed E-state index contributed by atoms with van der Waals surface area (Å²) in [6.45, 7) is 5.99. The predicted molar refractivity (Wildman–Crippen MR) is 155 cm³/mol. The molecule has 0 aliphatic carbocycles. The van der Waals surface area contributed by atoms with Crippen molar-refractivity contribution < 1.29 is 9.59 Å². The molecule has 4 aromatic rings. The summed E-state index contributed by atoms with van der Waals surface area (Å²) in [5.74, 6) is 0.473. The topological polar surface area (TPSA) is 129 Å². The molecular weight excluding hydrogens is 490 g/mol. The summed E-state index contributed by atoms with van der Waals surface area (Å²) < 4.78 is 0. The Bertz CT molecular complexity index is 1710. The number of aldehydes is 1. The molecule has 5 rings (SSSR count). The Labute approximate surface area is 226 Å². The van der Waals surface area contributed by atoms with Crippen LogP contribution >= 0.6 is 0 Å². The molecule has 0 saturated carbocycles. The smallest absolute Gasteiger partial charge is 0.259 e. The number of carbonyl (C=O) groups excluding carboxylic acids is 2. The molecule has 3 heterocycles. The van der Waals surface area contributed by atoms with Crippen molar-refractivity contribution in [1.82, 2.24) is 20.3 Å². The first kappa shape index (κ1) is 25.6. The monoisotopic (exact) mass is 519 g/mol. The summed E-state index contributed by atoms with van der Waals surface area (Å²) in [7, 11) is 1.81. The van der Waals surface area contributed by atoms with Crippen molar-refractivity contribution in [3.63, 3.8) is 0 Å². The Morgan fingerprint density at radius 3 is 2.74 bits per heavy atom. The molecule has 0 bridgehead atoms. The molecule has 0 radical (unpaired) electrons. The zero-order valence-corrected chi connectivity index (χ0v) is 22.2. The van der Waals surface area contributed by atoms with Crippen LogP contribution in [0.15, 0.2) is 71.1 Å². The maximum atomic E-state index is 13.5. The third-order valence-electron chi connectivity index (χ3n) is 6.76. The zero-order valence-electron chi connectivity index (χ0n) is 22.2. The quantitative estimate of drug-likeness (QED) is 0.139. The number of hydrogen-bond donors (Lipinski definition) is 3. The first-order valence-corrected chi connectivity index (χ1v) is 12.5. The Morgan fingerprint density at radius 1 is 1.18 bits per heavy atom. The number of nitrogens with two attached hydrogens (primary N) is 1. The van der Waals surface area contributed by atoms with E-state index in [1.54, 1.807) is 24.1 Å². The number of amides is 1. The van der Waals surface area contributed by atoms with Crippen LogP contribution in [-0.2, 0) is 11.3 Å². The van der Waals surface area contributed by atoms with Crippen molar-refractivity contribution in [2.75, 3.05) is 11.9 Å². The normalized spacial score (nSPS) is 14.2. The van der Waals surface area contributed by atoms with Gasteiger partial charge in [0.05, 0.1) is 23.4 Å². The number of anilines is 1. The molecule has 196 valence electrons. The Balaban J connectivity index is 1.55. The lowest BCUT2D eigenvalue weighted by Crippen LogP contribution is -2.23. The van der Waals surface area contributed by atoms with E-state index in [1.807, 2.05) is 69.6 Å². The molecule has 2 aromatic heterocycles. The van der Waals surface area contributed by atoms with Crippen LogP contribution < -0.4 is 16.0 Å². The number of carbonyl (C=O) groups is 2. The van der Waals surface area contributed by atoms with Gasteiger partial charge in [0.1, 0.15) is 12.1 Å². The fourth-order valence-electron chi connectivity index (χ4n) is 4.73. The van der Waals surface area contributed by atoms with Crippen molar-refractivity contribution >= 4 is 46.6 Å². The Kier molecular flexibility index (Phi) is 6.81. The summed E-state index contributed by atoms with van der Waals surface area (Å²) in [4.78, 5) is 43.2. The highest BCUT2D eigenvalue weighted by molar-refractivity contribution is 6.15. The molecule has 9 heteroatoms. The van der Waals surface area contributed by atoms with E-state index in [1.165, 1.54) is 0 Å². The second-order valence-electron chi connectivity index (χ2n) is 9.49. The van der Waals surface area contributed by atoms with Crippen molar-refractivity contribution in [3.05, 3.63) is 88.4 Å². The van der Waals surface area contributed by atoms with Gasteiger partial charge in [-0.3, -0.25) is 9.59 Å². The number of allylic oxidation sites excluding steroid dienone is 2. The first-order valence-electron chi connectivity index (χ1n) is 12.5. The molecular formula is C30H29N7O2. The average molecular weight is 520 g/mol. The fraction of sp³-hybridized carbons (Fsp3) is 0.167. The van der Waals surface area contributed by atoms with Gasteiger partial charge in [-0.1, -0.05) is 24.3 Å². The number of para-hydroxylation sites is 1. The van der Waals surface area contributed by atoms with E-state index in [0.717, 1.165) is 56.5 Å². The first-order chi connectivity index (χ1) is 18.8. The van der Waals surface area contributed by atoms with Crippen LogP contribution in [0.4, 0.5) is 11.6 Å². The lowest BCUT2D eigenvalue weighted by molar-refractivity contribution is -0.104. The average Bonchev–Trinajstić information content (AvgIpc) is 3.51. The SMILES string of the molecule is CN/C(C)=C\C(N)=N/c1ncc(C)c(-c2c[nH]c3c(N4Cc5c(/C=C(\C)C=O)cccc5C4=O)cccc23)n1. The van der Waals surface area contributed by atoms with E-state index in [0.29, 0.717) is 23.5 Å². The minimum atomic E-state index is -0.0807. The van der Waals surface area contributed by atoms with Crippen LogP contribution in [0, 0.1) is 6.92 Å². The predicted octanol–water partition coefficient (Wildman–Crippen LogP) is 4.81. The summed E-state index contributed by atoms with van der Waals surface area (Å²) in [6, 6.07) is 11.5. The van der Waals surface area contributed by atoms with Gasteiger partial charge in [-0.25, -0.2) is 9.97 Å². The minimum Gasteiger partial charge on any atom is -0.392 e. The maximum absolute atomic E-state index is 13.5. The van der Waals surface area contributed by atoms with Crippen molar-refractivity contribution in [2.24, 2.45) is 10.7 Å². The van der Waals surface area contributed by atoms with E-state index in [4.69, 9.17) is 10.7 Å².